The number of thiocarbonyl (C=S) groups is 1. The maximum absolute atomic E-state index is 8.52. The van der Waals surface area contributed by atoms with Gasteiger partial charge in [0.1, 0.15) is 0 Å². The summed E-state index contributed by atoms with van der Waals surface area (Å²) in [5.41, 5.74) is 9.24. The summed E-state index contributed by atoms with van der Waals surface area (Å²) in [4.78, 5) is 0. The Morgan fingerprint density at radius 1 is 1.15 bits per heavy atom. The normalized spacial score (nSPS) is 6.62. The molecule has 0 rings (SSSR count). The third-order valence-electron chi connectivity index (χ3n) is 0. The van der Waals surface area contributed by atoms with Crippen molar-refractivity contribution in [1.29, 1.82) is 0 Å². The summed E-state index contributed by atoms with van der Waals surface area (Å²) >= 11 is 4.98. The Bertz CT molecular complexity index is 186. The molecule has 0 atom stereocenters. The minimum Gasteiger partial charge on any atom is 1.00 e. The van der Waals surface area contributed by atoms with Crippen LogP contribution in [0.5, 0.6) is 0 Å². The molecule has 0 bridgehead atoms. The molecule has 0 spiro atoms. The molecule has 0 aliphatic carbocycles. The molecule has 0 aliphatic rings. The van der Waals surface area contributed by atoms with Gasteiger partial charge in [0.25, 0.3) is 0 Å². The van der Waals surface area contributed by atoms with E-state index in [1.807, 2.05) is 0 Å². The Labute approximate surface area is 141 Å². The SMILES string of the molecule is NC(N)=S.O=S(=O)([O-])[O-].[S]=[Pb].[Tl+].[Tl+]. The molecular formula is CH4N2O4PbS3Tl2. The molecule has 6 nitrogen and oxygen atoms in total. The van der Waals surface area contributed by atoms with Gasteiger partial charge in [-0.25, -0.2) is 0 Å². The molecular weight excluding hydrogens is 816 g/mol. The van der Waals surface area contributed by atoms with Gasteiger partial charge in [-0.3, -0.25) is 8.42 Å². The van der Waals surface area contributed by atoms with Crippen LogP contribution in [-0.2, 0) is 10.4 Å². The van der Waals surface area contributed by atoms with Crippen molar-refractivity contribution in [1.82, 2.24) is 0 Å². The van der Waals surface area contributed by atoms with Crippen molar-refractivity contribution >= 4 is 115 Å². The van der Waals surface area contributed by atoms with Crippen molar-refractivity contribution in [2.45, 2.75) is 0 Å². The first kappa shape index (κ1) is 29.6. The Balaban J connectivity index is -0.0000000246. The number of hydrogen-bond acceptors (Lipinski definition) is 6. The Kier molecular flexibility index (Phi) is 45.6. The fourth-order valence-corrected chi connectivity index (χ4v) is 0. The minimum atomic E-state index is -5.17. The smallest absolute Gasteiger partial charge is 1.00 e. The van der Waals surface area contributed by atoms with Crippen LogP contribution in [0.2, 0.25) is 0 Å². The van der Waals surface area contributed by atoms with Gasteiger partial charge in [0.05, 0.1) is 0 Å². The van der Waals surface area contributed by atoms with E-state index in [9.17, 15) is 0 Å². The number of rotatable bonds is 0. The first-order valence-electron chi connectivity index (χ1n) is 1.65. The number of hydrogen-bond donors (Lipinski definition) is 2. The maximum Gasteiger partial charge on any atom is 1.00 e. The van der Waals surface area contributed by atoms with Gasteiger partial charge >= 0.3 is 86.9 Å². The van der Waals surface area contributed by atoms with E-state index in [1.54, 1.807) is 0 Å². The fourth-order valence-electron chi connectivity index (χ4n) is 0. The van der Waals surface area contributed by atoms with Crippen LogP contribution in [0.1, 0.15) is 0 Å². The largest absolute Gasteiger partial charge is 1.00 e. The average molecular weight is 820 g/mol. The average Bonchev–Trinajstić information content (AvgIpc) is 1.63. The van der Waals surface area contributed by atoms with E-state index in [1.165, 1.54) is 0 Å². The zero-order chi connectivity index (χ0) is 10.1. The van der Waals surface area contributed by atoms with E-state index in [4.69, 9.17) is 17.5 Å². The van der Waals surface area contributed by atoms with Crippen molar-refractivity contribution in [3.8, 4) is 0 Å². The molecule has 13 heavy (non-hydrogen) atoms. The molecule has 0 aliphatic heterocycles. The number of nitrogens with two attached hydrogens (primary N) is 2. The topological polar surface area (TPSA) is 132 Å². The third-order valence-corrected chi connectivity index (χ3v) is 0. The zero-order valence-corrected chi connectivity index (χ0v) is 21.5. The van der Waals surface area contributed by atoms with Crippen LogP contribution in [0.4, 0.5) is 0 Å². The molecule has 12 heteroatoms. The Morgan fingerprint density at radius 3 is 1.15 bits per heavy atom. The molecule has 0 unspecified atom stereocenters. The van der Waals surface area contributed by atoms with Crippen molar-refractivity contribution < 1.29 is 17.5 Å². The second kappa shape index (κ2) is 20.0. The third kappa shape index (κ3) is 353. The van der Waals surface area contributed by atoms with Gasteiger partial charge < -0.3 is 20.6 Å². The van der Waals surface area contributed by atoms with Crippen molar-refractivity contribution in [3.63, 3.8) is 0 Å². The summed E-state index contributed by atoms with van der Waals surface area (Å²) in [6.45, 7) is 0. The molecule has 0 heterocycles. The summed E-state index contributed by atoms with van der Waals surface area (Å²) in [6.07, 6.45) is 0. The second-order valence-corrected chi connectivity index (χ2v) is 2.10. The quantitative estimate of drug-likeness (QED) is 0.118. The molecule has 70 valence electrons. The van der Waals surface area contributed by atoms with Crippen molar-refractivity contribution in [2.75, 3.05) is 0 Å². The molecule has 2 radical (unpaired) electrons. The molecule has 0 saturated carbocycles. The van der Waals surface area contributed by atoms with Crippen LogP contribution in [0, 0.1) is 0 Å². The minimum absolute atomic E-state index is 0. The second-order valence-electron chi connectivity index (χ2n) is 0.811. The predicted octanol–water partition coefficient (Wildman–Crippen LogP) is -2.64. The van der Waals surface area contributed by atoms with Crippen LogP contribution in [-0.4, -0.2) is 101 Å². The Morgan fingerprint density at radius 2 is 1.15 bits per heavy atom. The maximum atomic E-state index is 8.52. The fraction of sp³-hybridized carbons (Fsp3) is 0. The summed E-state index contributed by atoms with van der Waals surface area (Å²) in [5, 5.41) is 0.000000000000000222. The molecule has 0 aromatic heterocycles. The summed E-state index contributed by atoms with van der Waals surface area (Å²) in [7, 11) is -0.944. The van der Waals surface area contributed by atoms with Crippen LogP contribution in [0.3, 0.4) is 0 Å². The van der Waals surface area contributed by atoms with Gasteiger partial charge in [-0.05, 0) is 12.2 Å². The van der Waals surface area contributed by atoms with Crippen LogP contribution in [0.15, 0.2) is 0 Å². The van der Waals surface area contributed by atoms with Gasteiger partial charge in [-0.1, -0.05) is 0 Å². The summed E-state index contributed by atoms with van der Waals surface area (Å²) < 4.78 is 34.1. The predicted molar refractivity (Wildman–Crippen MR) is 56.3 cm³/mol. The van der Waals surface area contributed by atoms with E-state index in [0.29, 0.717) is 0 Å². The van der Waals surface area contributed by atoms with Crippen molar-refractivity contribution in [2.24, 2.45) is 11.5 Å². The molecule has 0 amide bonds. The Hall–Kier alpha value is 2.55. The monoisotopic (exact) mass is 822 g/mol. The van der Waals surface area contributed by atoms with Gasteiger partial charge in [-0.15, -0.1) is 0 Å². The van der Waals surface area contributed by atoms with E-state index in [2.05, 4.69) is 32.3 Å². The molecule has 0 aromatic carbocycles. The van der Waals surface area contributed by atoms with Gasteiger partial charge in [0.2, 0.25) is 0 Å². The van der Waals surface area contributed by atoms with Crippen LogP contribution >= 0.6 is 20.9 Å². The molecule has 0 saturated heterocycles. The van der Waals surface area contributed by atoms with E-state index < -0.39 is 10.4 Å². The standard InChI is InChI=1S/CH4N2S.H2O4S.Pb.S.2Tl/c2-1(3)4;1-5(2,3)4;;;;/h(H4,2,3,4);(H2,1,2,3,4);;;;/q;;;;2*+1/p-2. The zero-order valence-electron chi connectivity index (χ0n) is 6.17. The molecule has 0 fully saturated rings. The van der Waals surface area contributed by atoms with Crippen LogP contribution in [0.25, 0.3) is 0 Å². The summed E-state index contributed by atoms with van der Waals surface area (Å²) in [5.74, 6) is 0. The summed E-state index contributed by atoms with van der Waals surface area (Å²) in [6, 6.07) is 0. The van der Waals surface area contributed by atoms with Gasteiger partial charge in [0.15, 0.2) is 5.11 Å². The first-order chi connectivity index (χ1) is 4.73. The van der Waals surface area contributed by atoms with Gasteiger partial charge in [-0.2, -0.15) is 0 Å². The first-order valence-corrected chi connectivity index (χ1v) is 8.56. The van der Waals surface area contributed by atoms with E-state index >= 15 is 0 Å². The molecule has 4 N–H and O–H groups in total. The van der Waals surface area contributed by atoms with Gasteiger partial charge in [0, 0.05) is 10.4 Å². The molecule has 0 aromatic rings. The van der Waals surface area contributed by atoms with Crippen LogP contribution < -0.4 is 11.5 Å². The van der Waals surface area contributed by atoms with E-state index in [0.717, 1.165) is 23.7 Å². The van der Waals surface area contributed by atoms with E-state index in [-0.39, 0.29) is 59.7 Å². The van der Waals surface area contributed by atoms with Crippen molar-refractivity contribution in [3.05, 3.63) is 0 Å².